The third kappa shape index (κ3) is 0.966. The van der Waals surface area contributed by atoms with Gasteiger partial charge in [-0.3, -0.25) is 0 Å². The Bertz CT molecular complexity index is 292. The molecule has 94 valence electrons. The molecule has 1 saturated carbocycles. The average molecular weight is 224 g/mol. The molecule has 1 fully saturated rings. The molecular weight excluding hydrogens is 196 g/mol. The molecule has 1 nitrogen and oxygen atoms in total. The lowest BCUT2D eigenvalue weighted by molar-refractivity contribution is -0.128. The summed E-state index contributed by atoms with van der Waals surface area (Å²) in [5.41, 5.74) is -0.0468. The van der Waals surface area contributed by atoms with E-state index in [0.29, 0.717) is 0 Å². The van der Waals surface area contributed by atoms with Gasteiger partial charge in [0, 0.05) is 5.41 Å². The Kier molecular flexibility index (Phi) is 2.50. The molecular formula is C15H28O. The fraction of sp³-hybridized carbons (Fsp3) is 0.933. The summed E-state index contributed by atoms with van der Waals surface area (Å²) in [5.74, 6) is 0. The van der Waals surface area contributed by atoms with Crippen LogP contribution < -0.4 is 0 Å². The zero-order valence-corrected chi connectivity index (χ0v) is 12.5. The van der Waals surface area contributed by atoms with Crippen molar-refractivity contribution in [3.8, 4) is 0 Å². The van der Waals surface area contributed by atoms with Crippen molar-refractivity contribution in [1.82, 2.24) is 0 Å². The first-order valence-electron chi connectivity index (χ1n) is 6.27. The van der Waals surface area contributed by atoms with Crippen LogP contribution in [0.4, 0.5) is 0 Å². The molecule has 0 aromatic heterocycles. The van der Waals surface area contributed by atoms with E-state index in [-0.39, 0.29) is 27.1 Å². The molecule has 1 aliphatic rings. The smallest absolute Gasteiger partial charge is 0.126 e. The van der Waals surface area contributed by atoms with Crippen molar-refractivity contribution >= 4 is 6.29 Å². The van der Waals surface area contributed by atoms with Crippen LogP contribution in [0.15, 0.2) is 0 Å². The van der Waals surface area contributed by atoms with Gasteiger partial charge in [0.2, 0.25) is 0 Å². The average Bonchev–Trinajstić information content (AvgIpc) is 2.18. The van der Waals surface area contributed by atoms with Crippen LogP contribution >= 0.6 is 0 Å². The highest BCUT2D eigenvalue weighted by molar-refractivity contribution is 5.64. The first-order valence-corrected chi connectivity index (χ1v) is 6.27. The molecule has 0 spiro atoms. The maximum atomic E-state index is 11.7. The van der Waals surface area contributed by atoms with Crippen molar-refractivity contribution in [2.24, 2.45) is 27.1 Å². The molecule has 0 aliphatic heterocycles. The highest BCUT2D eigenvalue weighted by Crippen LogP contribution is 2.77. The fourth-order valence-corrected chi connectivity index (χ4v) is 3.94. The Labute approximate surface area is 101 Å². The quantitative estimate of drug-likeness (QED) is 0.607. The lowest BCUT2D eigenvalue weighted by atomic mass is 9.57. The van der Waals surface area contributed by atoms with E-state index in [2.05, 4.69) is 62.3 Å². The van der Waals surface area contributed by atoms with Crippen LogP contribution in [0.25, 0.3) is 0 Å². The number of rotatable bonds is 1. The predicted octanol–water partition coefficient (Wildman–Crippen LogP) is 4.31. The van der Waals surface area contributed by atoms with Crippen LogP contribution in [0.2, 0.25) is 0 Å². The van der Waals surface area contributed by atoms with E-state index < -0.39 is 0 Å². The van der Waals surface area contributed by atoms with E-state index in [4.69, 9.17) is 0 Å². The topological polar surface area (TPSA) is 17.1 Å². The van der Waals surface area contributed by atoms with Gasteiger partial charge in [-0.15, -0.1) is 0 Å². The first kappa shape index (κ1) is 13.7. The van der Waals surface area contributed by atoms with Gasteiger partial charge in [0.15, 0.2) is 0 Å². The summed E-state index contributed by atoms with van der Waals surface area (Å²) in [6.07, 6.45) is 1.20. The Balaban J connectivity index is 3.65. The lowest BCUT2D eigenvalue weighted by Crippen LogP contribution is -2.44. The normalized spacial score (nSPS) is 32.3. The molecule has 0 aromatic carbocycles. The minimum Gasteiger partial charge on any atom is -0.303 e. The van der Waals surface area contributed by atoms with Crippen LogP contribution in [0, 0.1) is 27.1 Å². The van der Waals surface area contributed by atoms with E-state index >= 15 is 0 Å². The van der Waals surface area contributed by atoms with E-state index in [1.807, 2.05) is 0 Å². The minimum atomic E-state index is -0.285. The third-order valence-electron chi connectivity index (χ3n) is 7.52. The first-order chi connectivity index (χ1) is 6.81. The van der Waals surface area contributed by atoms with Crippen LogP contribution in [0.5, 0.6) is 0 Å². The SMILES string of the molecule is CC1(C)C(C)(C)C(C)(C)C(C)(C=O)C1(C)C. The summed E-state index contributed by atoms with van der Waals surface area (Å²) in [6, 6.07) is 0. The van der Waals surface area contributed by atoms with Gasteiger partial charge in [-0.2, -0.15) is 0 Å². The summed E-state index contributed by atoms with van der Waals surface area (Å²) in [4.78, 5) is 11.7. The fourth-order valence-electron chi connectivity index (χ4n) is 3.94. The van der Waals surface area contributed by atoms with Gasteiger partial charge < -0.3 is 4.79 Å². The second-order valence-electron chi connectivity index (χ2n) is 7.82. The van der Waals surface area contributed by atoms with Gasteiger partial charge in [-0.25, -0.2) is 0 Å². The highest BCUT2D eigenvalue weighted by Gasteiger charge is 2.73. The number of hydrogen-bond acceptors (Lipinski definition) is 1. The second-order valence-corrected chi connectivity index (χ2v) is 7.82. The predicted molar refractivity (Wildman–Crippen MR) is 69.3 cm³/mol. The van der Waals surface area contributed by atoms with E-state index in [0.717, 1.165) is 0 Å². The molecule has 0 heterocycles. The minimum absolute atomic E-state index is 0.00521. The van der Waals surface area contributed by atoms with Crippen molar-refractivity contribution < 1.29 is 4.79 Å². The maximum absolute atomic E-state index is 11.7. The molecule has 0 atom stereocenters. The van der Waals surface area contributed by atoms with Crippen molar-refractivity contribution in [2.45, 2.75) is 62.3 Å². The van der Waals surface area contributed by atoms with Crippen molar-refractivity contribution in [2.75, 3.05) is 0 Å². The zero-order chi connectivity index (χ0) is 13.2. The summed E-state index contributed by atoms with van der Waals surface area (Å²) in [6.45, 7) is 20.4. The molecule has 16 heavy (non-hydrogen) atoms. The van der Waals surface area contributed by atoms with Crippen LogP contribution in [0.3, 0.4) is 0 Å². The molecule has 0 unspecified atom stereocenters. The van der Waals surface area contributed by atoms with Gasteiger partial charge in [-0.05, 0) is 21.7 Å². The monoisotopic (exact) mass is 224 g/mol. The molecule has 0 radical (unpaired) electrons. The summed E-state index contributed by atoms with van der Waals surface area (Å²) in [7, 11) is 0. The number of carbonyl (C=O) groups is 1. The molecule has 1 rings (SSSR count). The third-order valence-corrected chi connectivity index (χ3v) is 7.52. The summed E-state index contributed by atoms with van der Waals surface area (Å²) < 4.78 is 0. The van der Waals surface area contributed by atoms with Gasteiger partial charge in [0.1, 0.15) is 6.29 Å². The summed E-state index contributed by atoms with van der Waals surface area (Å²) >= 11 is 0. The summed E-state index contributed by atoms with van der Waals surface area (Å²) in [5, 5.41) is 0. The van der Waals surface area contributed by atoms with Crippen LogP contribution in [0.1, 0.15) is 62.3 Å². The van der Waals surface area contributed by atoms with Crippen LogP contribution in [-0.2, 0) is 4.79 Å². The van der Waals surface area contributed by atoms with Crippen molar-refractivity contribution in [3.05, 3.63) is 0 Å². The number of carbonyl (C=O) groups excluding carboxylic acids is 1. The molecule has 0 aromatic rings. The largest absolute Gasteiger partial charge is 0.303 e. The van der Waals surface area contributed by atoms with Gasteiger partial charge in [0.25, 0.3) is 0 Å². The number of hydrogen-bond donors (Lipinski definition) is 0. The Morgan fingerprint density at radius 2 is 0.812 bits per heavy atom. The Morgan fingerprint density at radius 1 is 0.562 bits per heavy atom. The molecule has 0 amide bonds. The number of aldehydes is 1. The lowest BCUT2D eigenvalue weighted by Gasteiger charge is -2.47. The Morgan fingerprint density at radius 3 is 0.938 bits per heavy atom. The van der Waals surface area contributed by atoms with E-state index in [1.165, 1.54) is 6.29 Å². The standard InChI is InChI=1S/C15H28O/c1-11(2)12(3,4)14(7,8)15(9,10-16)13(11,5)6/h10H,1-9H3. The molecule has 1 aliphatic carbocycles. The van der Waals surface area contributed by atoms with Crippen LogP contribution in [-0.4, -0.2) is 6.29 Å². The van der Waals surface area contributed by atoms with Crippen molar-refractivity contribution in [3.63, 3.8) is 0 Å². The van der Waals surface area contributed by atoms with E-state index in [9.17, 15) is 4.79 Å². The molecule has 0 saturated heterocycles. The Hall–Kier alpha value is -0.330. The molecule has 1 heteroatoms. The van der Waals surface area contributed by atoms with Gasteiger partial charge in [0.05, 0.1) is 0 Å². The van der Waals surface area contributed by atoms with Crippen molar-refractivity contribution in [1.29, 1.82) is 0 Å². The second kappa shape index (κ2) is 2.91. The van der Waals surface area contributed by atoms with Gasteiger partial charge >= 0.3 is 0 Å². The van der Waals surface area contributed by atoms with E-state index in [1.54, 1.807) is 0 Å². The zero-order valence-electron chi connectivity index (χ0n) is 12.5. The maximum Gasteiger partial charge on any atom is 0.126 e. The van der Waals surface area contributed by atoms with Gasteiger partial charge in [-0.1, -0.05) is 62.3 Å². The highest BCUT2D eigenvalue weighted by atomic mass is 16.1. The molecule has 0 N–H and O–H groups in total. The molecule has 0 bridgehead atoms.